The quantitative estimate of drug-likeness (QED) is 0.669. The maximum atomic E-state index is 13.1. The van der Waals surface area contributed by atoms with E-state index in [1.165, 1.54) is 30.5 Å². The van der Waals surface area contributed by atoms with Gasteiger partial charge in [0.25, 0.3) is 5.91 Å². The van der Waals surface area contributed by atoms with Gasteiger partial charge >= 0.3 is 0 Å². The zero-order chi connectivity index (χ0) is 19.4. The molecule has 7 heteroatoms. The number of furan rings is 1. The van der Waals surface area contributed by atoms with Crippen molar-refractivity contribution in [2.75, 3.05) is 6.54 Å². The molecule has 2 aromatic carbocycles. The van der Waals surface area contributed by atoms with Crippen LogP contribution < -0.4 is 5.32 Å². The Balaban J connectivity index is 1.86. The third-order valence-corrected chi connectivity index (χ3v) is 6.43. The molecule has 1 N–H and O–H groups in total. The van der Waals surface area contributed by atoms with Gasteiger partial charge in [-0.05, 0) is 55.5 Å². The highest BCUT2D eigenvalue weighted by Gasteiger charge is 2.32. The summed E-state index contributed by atoms with van der Waals surface area (Å²) in [6.07, 6.45) is 1.40. The molecule has 1 amide bonds. The minimum Gasteiger partial charge on any atom is -0.468 e. The first-order valence-electron chi connectivity index (χ1n) is 8.25. The van der Waals surface area contributed by atoms with Crippen molar-refractivity contribution in [2.24, 2.45) is 0 Å². The van der Waals surface area contributed by atoms with Crippen LogP contribution in [0.4, 0.5) is 0 Å². The van der Waals surface area contributed by atoms with E-state index in [1.807, 2.05) is 13.0 Å². The van der Waals surface area contributed by atoms with Gasteiger partial charge in [0.05, 0.1) is 11.2 Å². The minimum atomic E-state index is -3.79. The largest absolute Gasteiger partial charge is 0.468 e. The zero-order valence-corrected chi connectivity index (χ0v) is 16.1. The maximum Gasteiger partial charge on any atom is 0.251 e. The molecule has 0 aliphatic heterocycles. The van der Waals surface area contributed by atoms with E-state index in [2.05, 4.69) is 5.32 Å². The van der Waals surface area contributed by atoms with Gasteiger partial charge in [-0.1, -0.05) is 29.3 Å². The molecule has 1 heterocycles. The Labute approximate surface area is 162 Å². The fourth-order valence-corrected chi connectivity index (χ4v) is 4.41. The lowest BCUT2D eigenvalue weighted by Gasteiger charge is -2.17. The fourth-order valence-electron chi connectivity index (χ4n) is 2.70. The first-order valence-corrected chi connectivity index (χ1v) is 10.2. The van der Waals surface area contributed by atoms with Crippen LogP contribution in [-0.4, -0.2) is 20.9 Å². The number of nitrogens with one attached hydrogen (secondary N) is 1. The smallest absolute Gasteiger partial charge is 0.251 e. The summed E-state index contributed by atoms with van der Waals surface area (Å²) in [4.78, 5) is 12.5. The van der Waals surface area contributed by atoms with Crippen LogP contribution in [0, 0.1) is 6.92 Å². The Morgan fingerprint density at radius 2 is 1.85 bits per heavy atom. The Morgan fingerprint density at radius 3 is 2.48 bits per heavy atom. The van der Waals surface area contributed by atoms with Crippen LogP contribution in [0.3, 0.4) is 0 Å². The summed E-state index contributed by atoms with van der Waals surface area (Å²) in [5, 5.41) is 2.09. The van der Waals surface area contributed by atoms with Crippen LogP contribution in [0.1, 0.15) is 26.9 Å². The van der Waals surface area contributed by atoms with Gasteiger partial charge in [0, 0.05) is 17.1 Å². The lowest BCUT2D eigenvalue weighted by molar-refractivity contribution is 0.0953. The molecular formula is C20H18ClNO4S. The predicted octanol–water partition coefficient (Wildman–Crippen LogP) is 4.19. The lowest BCUT2D eigenvalue weighted by Crippen LogP contribution is -2.31. The van der Waals surface area contributed by atoms with E-state index in [-0.39, 0.29) is 23.1 Å². The SMILES string of the molecule is Cc1cccc(C(=O)NCC(c2ccco2)S(=O)(=O)c2ccc(Cl)cc2)c1. The highest BCUT2D eigenvalue weighted by molar-refractivity contribution is 7.91. The summed E-state index contributed by atoms with van der Waals surface area (Å²) in [5.74, 6) is -0.0870. The van der Waals surface area contributed by atoms with Crippen molar-refractivity contribution in [3.05, 3.63) is 88.8 Å². The minimum absolute atomic E-state index is 0.109. The summed E-state index contributed by atoms with van der Waals surface area (Å²) in [5.41, 5.74) is 1.41. The Hall–Kier alpha value is -2.57. The number of amides is 1. The van der Waals surface area contributed by atoms with Crippen molar-refractivity contribution in [1.82, 2.24) is 5.32 Å². The topological polar surface area (TPSA) is 76.4 Å². The van der Waals surface area contributed by atoms with E-state index in [9.17, 15) is 13.2 Å². The molecule has 0 aliphatic rings. The highest BCUT2D eigenvalue weighted by atomic mass is 35.5. The molecule has 140 valence electrons. The van der Waals surface area contributed by atoms with E-state index >= 15 is 0 Å². The summed E-state index contributed by atoms with van der Waals surface area (Å²) in [7, 11) is -3.79. The summed E-state index contributed by atoms with van der Waals surface area (Å²) in [6.45, 7) is 1.76. The van der Waals surface area contributed by atoms with Crippen molar-refractivity contribution < 1.29 is 17.6 Å². The van der Waals surface area contributed by atoms with Gasteiger partial charge in [-0.2, -0.15) is 0 Å². The molecule has 27 heavy (non-hydrogen) atoms. The molecule has 3 rings (SSSR count). The number of sulfone groups is 1. The average molecular weight is 404 g/mol. The monoisotopic (exact) mass is 403 g/mol. The molecule has 1 aromatic heterocycles. The molecule has 0 aliphatic carbocycles. The van der Waals surface area contributed by atoms with E-state index in [1.54, 1.807) is 30.3 Å². The molecule has 5 nitrogen and oxygen atoms in total. The summed E-state index contributed by atoms with van der Waals surface area (Å²) in [6, 6.07) is 16.2. The van der Waals surface area contributed by atoms with Crippen LogP contribution in [-0.2, 0) is 9.84 Å². The molecule has 0 bridgehead atoms. The van der Waals surface area contributed by atoms with Gasteiger partial charge in [-0.25, -0.2) is 8.42 Å². The van der Waals surface area contributed by atoms with Gasteiger partial charge in [-0.3, -0.25) is 4.79 Å². The van der Waals surface area contributed by atoms with Gasteiger partial charge in [0.1, 0.15) is 11.0 Å². The van der Waals surface area contributed by atoms with Crippen LogP contribution >= 0.6 is 11.6 Å². The average Bonchev–Trinajstić information content (AvgIpc) is 3.16. The second kappa shape index (κ2) is 7.98. The lowest BCUT2D eigenvalue weighted by atomic mass is 10.1. The third kappa shape index (κ3) is 4.40. The van der Waals surface area contributed by atoms with Gasteiger partial charge < -0.3 is 9.73 Å². The second-order valence-electron chi connectivity index (χ2n) is 6.08. The van der Waals surface area contributed by atoms with Gasteiger partial charge in [-0.15, -0.1) is 0 Å². The van der Waals surface area contributed by atoms with E-state index in [0.717, 1.165) is 5.56 Å². The van der Waals surface area contributed by atoms with Crippen molar-refractivity contribution >= 4 is 27.3 Å². The van der Waals surface area contributed by atoms with E-state index in [0.29, 0.717) is 10.6 Å². The van der Waals surface area contributed by atoms with Crippen molar-refractivity contribution in [3.63, 3.8) is 0 Å². The molecule has 3 aromatic rings. The first kappa shape index (κ1) is 19.2. The predicted molar refractivity (Wildman–Crippen MR) is 104 cm³/mol. The van der Waals surface area contributed by atoms with Crippen LogP contribution in [0.5, 0.6) is 0 Å². The first-order chi connectivity index (χ1) is 12.9. The Kier molecular flexibility index (Phi) is 5.68. The Morgan fingerprint density at radius 1 is 1.11 bits per heavy atom. The normalized spacial score (nSPS) is 12.5. The number of rotatable bonds is 6. The zero-order valence-electron chi connectivity index (χ0n) is 14.6. The molecule has 0 radical (unpaired) electrons. The molecule has 1 unspecified atom stereocenters. The number of carbonyl (C=O) groups is 1. The van der Waals surface area contributed by atoms with Gasteiger partial charge in [0.2, 0.25) is 0 Å². The number of halogens is 1. The fraction of sp³-hybridized carbons (Fsp3) is 0.150. The number of aryl methyl sites for hydroxylation is 1. The van der Waals surface area contributed by atoms with E-state index < -0.39 is 15.1 Å². The second-order valence-corrected chi connectivity index (χ2v) is 8.65. The molecule has 1 atom stereocenters. The summed E-state index contributed by atoms with van der Waals surface area (Å²) < 4.78 is 31.5. The van der Waals surface area contributed by atoms with Gasteiger partial charge in [0.15, 0.2) is 9.84 Å². The van der Waals surface area contributed by atoms with Crippen molar-refractivity contribution in [1.29, 1.82) is 0 Å². The van der Waals surface area contributed by atoms with Crippen LogP contribution in [0.15, 0.2) is 76.2 Å². The molecule has 0 spiro atoms. The highest BCUT2D eigenvalue weighted by Crippen LogP contribution is 2.29. The standard InChI is InChI=1S/C20H18ClNO4S/c1-14-4-2-5-15(12-14)20(23)22-13-19(18-6-3-11-26-18)27(24,25)17-9-7-16(21)8-10-17/h2-12,19H,13H2,1H3,(H,22,23). The summed E-state index contributed by atoms with van der Waals surface area (Å²) >= 11 is 5.85. The number of benzene rings is 2. The number of hydrogen-bond acceptors (Lipinski definition) is 4. The van der Waals surface area contributed by atoms with E-state index in [4.69, 9.17) is 16.0 Å². The molecule has 0 saturated heterocycles. The molecule has 0 fully saturated rings. The molecule has 0 saturated carbocycles. The number of carbonyl (C=O) groups excluding carboxylic acids is 1. The van der Waals surface area contributed by atoms with Crippen LogP contribution in [0.2, 0.25) is 5.02 Å². The van der Waals surface area contributed by atoms with Crippen molar-refractivity contribution in [3.8, 4) is 0 Å². The Bertz CT molecular complexity index is 1030. The maximum absolute atomic E-state index is 13.1. The molecular weight excluding hydrogens is 386 g/mol. The number of hydrogen-bond donors (Lipinski definition) is 1. The van der Waals surface area contributed by atoms with Crippen molar-refractivity contribution in [2.45, 2.75) is 17.1 Å². The third-order valence-electron chi connectivity index (χ3n) is 4.11. The van der Waals surface area contributed by atoms with Crippen LogP contribution in [0.25, 0.3) is 0 Å².